The topological polar surface area (TPSA) is 47.3 Å². The van der Waals surface area contributed by atoms with Crippen molar-refractivity contribution in [1.82, 2.24) is 5.16 Å². The zero-order chi connectivity index (χ0) is 10.5. The van der Waals surface area contributed by atoms with Gasteiger partial charge in [-0.25, -0.2) is 0 Å². The molecule has 15 heavy (non-hydrogen) atoms. The molecule has 0 unspecified atom stereocenters. The zero-order valence-corrected chi connectivity index (χ0v) is 8.43. The van der Waals surface area contributed by atoms with E-state index in [2.05, 4.69) is 10.5 Å². The minimum atomic E-state index is 0.402. The van der Waals surface area contributed by atoms with Crippen LogP contribution in [0.15, 0.2) is 41.1 Å². The van der Waals surface area contributed by atoms with Crippen LogP contribution in [-0.2, 0) is 6.61 Å². The molecule has 0 bridgehead atoms. The highest BCUT2D eigenvalue weighted by molar-refractivity contribution is 5.45. The number of ether oxygens (including phenoxy) is 1. The van der Waals surface area contributed by atoms with Gasteiger partial charge in [-0.05, 0) is 24.3 Å². The second kappa shape index (κ2) is 4.50. The smallest absolute Gasteiger partial charge is 0.174 e. The Morgan fingerprint density at radius 2 is 2.07 bits per heavy atom. The number of rotatable bonds is 4. The van der Waals surface area contributed by atoms with E-state index in [1.54, 1.807) is 12.3 Å². The number of nitrogens with zero attached hydrogens (tertiary/aromatic N) is 1. The van der Waals surface area contributed by atoms with Crippen LogP contribution in [0.2, 0.25) is 0 Å². The lowest BCUT2D eigenvalue weighted by Gasteiger charge is -2.04. The van der Waals surface area contributed by atoms with Gasteiger partial charge >= 0.3 is 0 Å². The lowest BCUT2D eigenvalue weighted by atomic mass is 10.3. The Morgan fingerprint density at radius 3 is 2.67 bits per heavy atom. The average molecular weight is 204 g/mol. The highest BCUT2D eigenvalue weighted by Gasteiger charge is 1.98. The third-order valence-corrected chi connectivity index (χ3v) is 2.02. The van der Waals surface area contributed by atoms with Crippen molar-refractivity contribution < 1.29 is 9.26 Å². The summed E-state index contributed by atoms with van der Waals surface area (Å²) in [4.78, 5) is 0. The highest BCUT2D eigenvalue weighted by Crippen LogP contribution is 2.16. The first kappa shape index (κ1) is 9.58. The molecule has 0 radical (unpaired) electrons. The molecular formula is C11H12N2O2. The average Bonchev–Trinajstić information content (AvgIpc) is 2.80. The monoisotopic (exact) mass is 204 g/mol. The fourth-order valence-corrected chi connectivity index (χ4v) is 1.19. The number of benzene rings is 1. The second-order valence-corrected chi connectivity index (χ2v) is 3.04. The Morgan fingerprint density at radius 1 is 1.27 bits per heavy atom. The van der Waals surface area contributed by atoms with Crippen molar-refractivity contribution in [3.63, 3.8) is 0 Å². The summed E-state index contributed by atoms with van der Waals surface area (Å²) in [7, 11) is 1.88. The molecule has 1 N–H and O–H groups in total. The van der Waals surface area contributed by atoms with Gasteiger partial charge in [0.2, 0.25) is 0 Å². The standard InChI is InChI=1S/C11H12N2O2/c1-12-9-2-4-10(5-3-9)14-8-11-6-7-13-15-11/h2-7,12H,8H2,1H3. The highest BCUT2D eigenvalue weighted by atomic mass is 16.5. The molecule has 0 aliphatic heterocycles. The summed E-state index contributed by atoms with van der Waals surface area (Å²) < 4.78 is 10.4. The fraction of sp³-hybridized carbons (Fsp3) is 0.182. The molecule has 4 nitrogen and oxygen atoms in total. The predicted octanol–water partition coefficient (Wildman–Crippen LogP) is 2.30. The van der Waals surface area contributed by atoms with Crippen LogP contribution in [0.4, 0.5) is 5.69 Å². The van der Waals surface area contributed by atoms with Crippen molar-refractivity contribution in [2.75, 3.05) is 12.4 Å². The molecule has 0 aliphatic carbocycles. The van der Waals surface area contributed by atoms with E-state index in [4.69, 9.17) is 9.26 Å². The summed E-state index contributed by atoms with van der Waals surface area (Å²) >= 11 is 0. The van der Waals surface area contributed by atoms with Gasteiger partial charge in [0.05, 0.1) is 6.20 Å². The van der Waals surface area contributed by atoms with Crippen LogP contribution in [0, 0.1) is 0 Å². The normalized spacial score (nSPS) is 9.93. The van der Waals surface area contributed by atoms with E-state index < -0.39 is 0 Å². The SMILES string of the molecule is CNc1ccc(OCc2ccno2)cc1. The number of hydrogen-bond donors (Lipinski definition) is 1. The molecule has 1 aromatic carbocycles. The van der Waals surface area contributed by atoms with Crippen molar-refractivity contribution in [3.05, 3.63) is 42.3 Å². The molecule has 0 fully saturated rings. The first-order chi connectivity index (χ1) is 7.38. The summed E-state index contributed by atoms with van der Waals surface area (Å²) in [6.45, 7) is 0.402. The van der Waals surface area contributed by atoms with Crippen LogP contribution < -0.4 is 10.1 Å². The number of anilines is 1. The van der Waals surface area contributed by atoms with Crippen LogP contribution in [-0.4, -0.2) is 12.2 Å². The van der Waals surface area contributed by atoms with Gasteiger partial charge in [-0.3, -0.25) is 0 Å². The molecule has 1 aromatic heterocycles. The molecule has 2 rings (SSSR count). The van der Waals surface area contributed by atoms with Gasteiger partial charge in [-0.15, -0.1) is 0 Å². The van der Waals surface area contributed by atoms with Gasteiger partial charge in [-0.1, -0.05) is 5.16 Å². The number of nitrogens with one attached hydrogen (secondary N) is 1. The summed E-state index contributed by atoms with van der Waals surface area (Å²) in [6, 6.07) is 9.50. The quantitative estimate of drug-likeness (QED) is 0.830. The van der Waals surface area contributed by atoms with Crippen molar-refractivity contribution in [1.29, 1.82) is 0 Å². The maximum atomic E-state index is 5.49. The van der Waals surface area contributed by atoms with Gasteiger partial charge in [0, 0.05) is 18.8 Å². The summed E-state index contributed by atoms with van der Waals surface area (Å²) in [6.07, 6.45) is 1.60. The molecule has 0 atom stereocenters. The van der Waals surface area contributed by atoms with Crippen LogP contribution in [0.5, 0.6) is 5.75 Å². The van der Waals surface area contributed by atoms with Gasteiger partial charge < -0.3 is 14.6 Å². The van der Waals surface area contributed by atoms with Crippen molar-refractivity contribution in [3.8, 4) is 5.75 Å². The fourth-order valence-electron chi connectivity index (χ4n) is 1.19. The Labute approximate surface area is 87.8 Å². The third-order valence-electron chi connectivity index (χ3n) is 2.02. The number of aromatic nitrogens is 1. The van der Waals surface area contributed by atoms with Gasteiger partial charge in [0.1, 0.15) is 12.4 Å². The first-order valence-electron chi connectivity index (χ1n) is 4.68. The molecule has 0 saturated heterocycles. The minimum Gasteiger partial charge on any atom is -0.486 e. The lowest BCUT2D eigenvalue weighted by Crippen LogP contribution is -1.94. The maximum absolute atomic E-state index is 5.49. The van der Waals surface area contributed by atoms with E-state index in [9.17, 15) is 0 Å². The number of hydrogen-bond acceptors (Lipinski definition) is 4. The van der Waals surface area contributed by atoms with Crippen LogP contribution in [0.25, 0.3) is 0 Å². The van der Waals surface area contributed by atoms with Crippen molar-refractivity contribution >= 4 is 5.69 Å². The van der Waals surface area contributed by atoms with Gasteiger partial charge in [0.15, 0.2) is 5.76 Å². The Bertz CT molecular complexity index is 395. The minimum absolute atomic E-state index is 0.402. The Hall–Kier alpha value is -1.97. The third kappa shape index (κ3) is 2.49. The summed E-state index contributed by atoms with van der Waals surface area (Å²) in [5.41, 5.74) is 1.06. The molecular weight excluding hydrogens is 192 g/mol. The predicted molar refractivity (Wildman–Crippen MR) is 56.8 cm³/mol. The molecule has 4 heteroatoms. The van der Waals surface area contributed by atoms with E-state index in [1.165, 1.54) is 0 Å². The molecule has 78 valence electrons. The molecule has 0 spiro atoms. The van der Waals surface area contributed by atoms with E-state index in [0.29, 0.717) is 12.4 Å². The summed E-state index contributed by atoms with van der Waals surface area (Å²) in [5, 5.41) is 6.64. The van der Waals surface area contributed by atoms with Gasteiger partial charge in [-0.2, -0.15) is 0 Å². The van der Waals surface area contributed by atoms with E-state index in [0.717, 1.165) is 11.4 Å². The van der Waals surface area contributed by atoms with E-state index in [-0.39, 0.29) is 0 Å². The van der Waals surface area contributed by atoms with Gasteiger partial charge in [0.25, 0.3) is 0 Å². The largest absolute Gasteiger partial charge is 0.486 e. The molecule has 2 aromatic rings. The molecule has 0 saturated carbocycles. The molecule has 0 aliphatic rings. The lowest BCUT2D eigenvalue weighted by molar-refractivity contribution is 0.249. The molecule has 0 amide bonds. The Kier molecular flexibility index (Phi) is 2.88. The second-order valence-electron chi connectivity index (χ2n) is 3.04. The van der Waals surface area contributed by atoms with Crippen molar-refractivity contribution in [2.45, 2.75) is 6.61 Å². The summed E-state index contributed by atoms with van der Waals surface area (Å²) in [5.74, 6) is 1.53. The van der Waals surface area contributed by atoms with E-state index in [1.807, 2.05) is 31.3 Å². The first-order valence-corrected chi connectivity index (χ1v) is 4.68. The molecule has 1 heterocycles. The zero-order valence-electron chi connectivity index (χ0n) is 8.43. The van der Waals surface area contributed by atoms with Crippen LogP contribution in [0.3, 0.4) is 0 Å². The van der Waals surface area contributed by atoms with Crippen molar-refractivity contribution in [2.24, 2.45) is 0 Å². The Balaban J connectivity index is 1.93. The van der Waals surface area contributed by atoms with Crippen LogP contribution >= 0.6 is 0 Å². The maximum Gasteiger partial charge on any atom is 0.174 e. The van der Waals surface area contributed by atoms with E-state index >= 15 is 0 Å². The van der Waals surface area contributed by atoms with Crippen LogP contribution in [0.1, 0.15) is 5.76 Å².